The van der Waals surface area contributed by atoms with Crippen LogP contribution in [-0.4, -0.2) is 0 Å². The smallest absolute Gasteiger partial charge is 0.0302 e. The first kappa shape index (κ1) is 11.1. The molecule has 0 heterocycles. The predicted octanol–water partition coefficient (Wildman–Crippen LogP) is 4.49. The van der Waals surface area contributed by atoms with Crippen LogP contribution in [0.1, 0.15) is 60.3 Å². The van der Waals surface area contributed by atoms with Gasteiger partial charge < -0.3 is 0 Å². The van der Waals surface area contributed by atoms with Crippen LogP contribution < -0.4 is 0 Å². The number of hydrogen-bond acceptors (Lipinski definition) is 0. The van der Waals surface area contributed by atoms with Crippen LogP contribution in [0, 0.1) is 23.2 Å². The zero-order valence-electron chi connectivity index (χ0n) is 10.1. The molecule has 0 spiro atoms. The summed E-state index contributed by atoms with van der Waals surface area (Å²) in [5.74, 6) is 2.97. The van der Waals surface area contributed by atoms with Gasteiger partial charge >= 0.3 is 0 Å². The van der Waals surface area contributed by atoms with Crippen LogP contribution in [0.25, 0.3) is 0 Å². The zero-order chi connectivity index (χ0) is 10.1. The second-order valence-corrected chi connectivity index (χ2v) is 5.89. The molecule has 0 amide bonds. The first-order chi connectivity index (χ1) is 5.96. The van der Waals surface area contributed by atoms with E-state index in [0.29, 0.717) is 0 Å². The van der Waals surface area contributed by atoms with E-state index in [1.165, 1.54) is 25.7 Å². The van der Waals surface area contributed by atoms with Crippen molar-refractivity contribution in [3.05, 3.63) is 0 Å². The van der Waals surface area contributed by atoms with Gasteiger partial charge in [0.15, 0.2) is 0 Å². The van der Waals surface area contributed by atoms with E-state index in [2.05, 4.69) is 34.6 Å². The molecule has 2 saturated carbocycles. The molecular formula is C13H26. The largest absolute Gasteiger partial charge is 0.0625 e. The third-order valence-corrected chi connectivity index (χ3v) is 4.00. The van der Waals surface area contributed by atoms with Crippen molar-refractivity contribution < 1.29 is 0 Å². The molecule has 2 aliphatic rings. The monoisotopic (exact) mass is 182 g/mol. The maximum Gasteiger partial charge on any atom is -0.0302 e. The lowest BCUT2D eigenvalue weighted by molar-refractivity contribution is 0.397. The maximum atomic E-state index is 2.37. The molecule has 0 aromatic rings. The first-order valence-electron chi connectivity index (χ1n) is 5.96. The molecule has 2 aliphatic carbocycles. The van der Waals surface area contributed by atoms with Crippen molar-refractivity contribution >= 4 is 0 Å². The summed E-state index contributed by atoms with van der Waals surface area (Å²) in [5.41, 5.74) is 0.750. The standard InChI is InChI=1S/C7H14.C6H12/c1-6(2)7(3)4-5-7;1-5(2)6-3-4-6/h6H,4-5H2,1-3H3;5-6H,3-4H2,1-2H3. The van der Waals surface area contributed by atoms with Crippen molar-refractivity contribution in [3.63, 3.8) is 0 Å². The molecular weight excluding hydrogens is 156 g/mol. The molecule has 0 bridgehead atoms. The molecule has 13 heavy (non-hydrogen) atoms. The van der Waals surface area contributed by atoms with E-state index in [-0.39, 0.29) is 0 Å². The lowest BCUT2D eigenvalue weighted by atomic mass is 9.95. The Morgan fingerprint density at radius 2 is 1.46 bits per heavy atom. The summed E-state index contributed by atoms with van der Waals surface area (Å²) in [4.78, 5) is 0. The second-order valence-electron chi connectivity index (χ2n) is 5.89. The Morgan fingerprint density at radius 3 is 1.46 bits per heavy atom. The van der Waals surface area contributed by atoms with Crippen LogP contribution in [0.3, 0.4) is 0 Å². The normalized spacial score (nSPS) is 24.2. The first-order valence-corrected chi connectivity index (χ1v) is 5.96. The van der Waals surface area contributed by atoms with Crippen molar-refractivity contribution in [2.45, 2.75) is 60.3 Å². The van der Waals surface area contributed by atoms with Crippen molar-refractivity contribution in [3.8, 4) is 0 Å². The van der Waals surface area contributed by atoms with Crippen LogP contribution >= 0.6 is 0 Å². The molecule has 0 aromatic carbocycles. The average Bonchev–Trinajstić information content (AvgIpc) is 2.80. The molecule has 0 saturated heterocycles. The summed E-state index contributed by atoms with van der Waals surface area (Å²) < 4.78 is 0. The van der Waals surface area contributed by atoms with Crippen LogP contribution in [0.15, 0.2) is 0 Å². The Hall–Kier alpha value is 0. The Kier molecular flexibility index (Phi) is 3.43. The fourth-order valence-corrected chi connectivity index (χ4v) is 1.54. The molecule has 0 aliphatic heterocycles. The molecule has 0 nitrogen and oxygen atoms in total. The van der Waals surface area contributed by atoms with Crippen molar-refractivity contribution in [1.29, 1.82) is 0 Å². The van der Waals surface area contributed by atoms with Gasteiger partial charge in [0.1, 0.15) is 0 Å². The van der Waals surface area contributed by atoms with E-state index in [4.69, 9.17) is 0 Å². The molecule has 0 unspecified atom stereocenters. The Morgan fingerprint density at radius 1 is 1.00 bits per heavy atom. The zero-order valence-corrected chi connectivity index (χ0v) is 10.1. The molecule has 2 fully saturated rings. The molecule has 2 rings (SSSR count). The van der Waals surface area contributed by atoms with Crippen LogP contribution in [0.4, 0.5) is 0 Å². The van der Waals surface area contributed by atoms with Gasteiger partial charge in [-0.2, -0.15) is 0 Å². The number of rotatable bonds is 2. The van der Waals surface area contributed by atoms with Crippen LogP contribution in [0.5, 0.6) is 0 Å². The maximum absolute atomic E-state index is 2.37. The average molecular weight is 182 g/mol. The SMILES string of the molecule is CC(C)C1(C)CC1.CC(C)C1CC1. The van der Waals surface area contributed by atoms with Gasteiger partial charge in [0.25, 0.3) is 0 Å². The van der Waals surface area contributed by atoms with Crippen LogP contribution in [0.2, 0.25) is 0 Å². The molecule has 0 atom stereocenters. The molecule has 0 N–H and O–H groups in total. The van der Waals surface area contributed by atoms with Gasteiger partial charge in [0.2, 0.25) is 0 Å². The third-order valence-electron chi connectivity index (χ3n) is 4.00. The van der Waals surface area contributed by atoms with E-state index in [9.17, 15) is 0 Å². The summed E-state index contributed by atoms with van der Waals surface area (Å²) in [7, 11) is 0. The molecule has 78 valence electrons. The lowest BCUT2D eigenvalue weighted by Gasteiger charge is -2.10. The number of hydrogen-bond donors (Lipinski definition) is 0. The minimum Gasteiger partial charge on any atom is -0.0625 e. The minimum atomic E-state index is 0.750. The molecule has 0 radical (unpaired) electrons. The Bertz CT molecular complexity index is 147. The summed E-state index contributed by atoms with van der Waals surface area (Å²) in [5, 5.41) is 0. The third kappa shape index (κ3) is 3.70. The summed E-state index contributed by atoms with van der Waals surface area (Å²) in [6.07, 6.45) is 5.92. The predicted molar refractivity (Wildman–Crippen MR) is 59.7 cm³/mol. The highest BCUT2D eigenvalue weighted by Crippen LogP contribution is 2.50. The van der Waals surface area contributed by atoms with E-state index in [1.807, 2.05) is 0 Å². The fraction of sp³-hybridized carbons (Fsp3) is 1.00. The van der Waals surface area contributed by atoms with Gasteiger partial charge in [-0.05, 0) is 48.9 Å². The van der Waals surface area contributed by atoms with E-state index in [1.54, 1.807) is 0 Å². The topological polar surface area (TPSA) is 0 Å². The fourth-order valence-electron chi connectivity index (χ4n) is 1.54. The minimum absolute atomic E-state index is 0.750. The molecule has 0 heteroatoms. The van der Waals surface area contributed by atoms with Gasteiger partial charge in [-0.25, -0.2) is 0 Å². The van der Waals surface area contributed by atoms with Crippen LogP contribution in [-0.2, 0) is 0 Å². The van der Waals surface area contributed by atoms with Crippen molar-refractivity contribution in [2.24, 2.45) is 23.2 Å². The van der Waals surface area contributed by atoms with Gasteiger partial charge in [-0.1, -0.05) is 34.6 Å². The van der Waals surface area contributed by atoms with E-state index >= 15 is 0 Å². The highest BCUT2D eigenvalue weighted by atomic mass is 14.4. The van der Waals surface area contributed by atoms with Crippen molar-refractivity contribution in [2.75, 3.05) is 0 Å². The summed E-state index contributed by atoms with van der Waals surface area (Å²) in [6, 6.07) is 0. The Labute approximate surface area is 84.1 Å². The summed E-state index contributed by atoms with van der Waals surface area (Å²) in [6.45, 7) is 11.6. The highest BCUT2D eigenvalue weighted by Gasteiger charge is 2.39. The van der Waals surface area contributed by atoms with Gasteiger partial charge in [0.05, 0.1) is 0 Å². The quantitative estimate of drug-likeness (QED) is 0.590. The lowest BCUT2D eigenvalue weighted by Crippen LogP contribution is -2.01. The highest BCUT2D eigenvalue weighted by molar-refractivity contribution is 4.90. The summed E-state index contributed by atoms with van der Waals surface area (Å²) >= 11 is 0. The van der Waals surface area contributed by atoms with E-state index < -0.39 is 0 Å². The molecule has 0 aromatic heterocycles. The van der Waals surface area contributed by atoms with Gasteiger partial charge in [-0.15, -0.1) is 0 Å². The Balaban J connectivity index is 0.000000132. The second kappa shape index (κ2) is 4.02. The van der Waals surface area contributed by atoms with E-state index in [0.717, 1.165) is 23.2 Å². The van der Waals surface area contributed by atoms with Gasteiger partial charge in [-0.3, -0.25) is 0 Å². The van der Waals surface area contributed by atoms with Gasteiger partial charge in [0, 0.05) is 0 Å². The van der Waals surface area contributed by atoms with Crippen molar-refractivity contribution in [1.82, 2.24) is 0 Å².